The molecule has 2 rings (SSSR count). The van der Waals surface area contributed by atoms with Crippen LogP contribution < -0.4 is 15.8 Å². The van der Waals surface area contributed by atoms with Gasteiger partial charge in [0.15, 0.2) is 0 Å². The number of amides is 1. The molecule has 1 fully saturated rings. The van der Waals surface area contributed by atoms with Crippen LogP contribution in [0.1, 0.15) is 31.2 Å². The molecule has 1 aliphatic rings. The molecule has 7 heteroatoms. The molecule has 2 atom stereocenters. The molecule has 1 amide bonds. The second-order valence-electron chi connectivity index (χ2n) is 5.81. The zero-order chi connectivity index (χ0) is 16.9. The van der Waals surface area contributed by atoms with Crippen LogP contribution in [0.2, 0.25) is 0 Å². The van der Waals surface area contributed by atoms with E-state index in [1.165, 1.54) is 12.1 Å². The average molecular weight is 330 g/mol. The molecular weight excluding hydrogens is 309 g/mol. The Balaban J connectivity index is 1.81. The number of alkyl halides is 3. The molecule has 3 N–H and O–H groups in total. The second-order valence-corrected chi connectivity index (χ2v) is 5.81. The standard InChI is InChI=1S/C16H21F3N2O2/c17-16(18,19)23-14-7-2-1-4-11(14)8-9-21-15(22)10-12-5-3-6-13(12)20/h1-2,4,7,12-13H,3,5-6,8-10,20H2,(H,21,22)/t12-,13+/m0/s1. The smallest absolute Gasteiger partial charge is 0.406 e. The molecule has 1 aliphatic carbocycles. The molecule has 0 saturated heterocycles. The summed E-state index contributed by atoms with van der Waals surface area (Å²) in [6.07, 6.45) is -1.13. The Morgan fingerprint density at radius 1 is 1.30 bits per heavy atom. The maximum Gasteiger partial charge on any atom is 0.573 e. The lowest BCUT2D eigenvalue weighted by Crippen LogP contribution is -2.32. The van der Waals surface area contributed by atoms with E-state index in [0.29, 0.717) is 12.0 Å². The number of halogens is 3. The van der Waals surface area contributed by atoms with E-state index in [4.69, 9.17) is 5.73 Å². The fourth-order valence-electron chi connectivity index (χ4n) is 2.90. The van der Waals surface area contributed by atoms with E-state index in [1.807, 2.05) is 0 Å². The summed E-state index contributed by atoms with van der Waals surface area (Å²) < 4.78 is 41.0. The Kier molecular flexibility index (Phi) is 5.87. The van der Waals surface area contributed by atoms with E-state index in [-0.39, 0.29) is 36.6 Å². The number of rotatable bonds is 6. The van der Waals surface area contributed by atoms with Crippen molar-refractivity contribution in [3.8, 4) is 5.75 Å². The summed E-state index contributed by atoms with van der Waals surface area (Å²) in [7, 11) is 0. The lowest BCUT2D eigenvalue weighted by molar-refractivity contribution is -0.274. The summed E-state index contributed by atoms with van der Waals surface area (Å²) in [5.41, 5.74) is 6.33. The van der Waals surface area contributed by atoms with Crippen molar-refractivity contribution in [1.82, 2.24) is 5.32 Å². The minimum Gasteiger partial charge on any atom is -0.406 e. The maximum absolute atomic E-state index is 12.3. The van der Waals surface area contributed by atoms with E-state index < -0.39 is 6.36 Å². The first-order chi connectivity index (χ1) is 10.8. The van der Waals surface area contributed by atoms with Crippen LogP contribution in [0.4, 0.5) is 13.2 Å². The summed E-state index contributed by atoms with van der Waals surface area (Å²) in [4.78, 5) is 11.9. The molecule has 0 spiro atoms. The van der Waals surface area contributed by atoms with E-state index in [9.17, 15) is 18.0 Å². The van der Waals surface area contributed by atoms with Crippen molar-refractivity contribution in [3.05, 3.63) is 29.8 Å². The number of carbonyl (C=O) groups is 1. The van der Waals surface area contributed by atoms with Crippen LogP contribution >= 0.6 is 0 Å². The van der Waals surface area contributed by atoms with Crippen LogP contribution in [0.3, 0.4) is 0 Å². The quantitative estimate of drug-likeness (QED) is 0.843. The second kappa shape index (κ2) is 7.68. The molecule has 0 heterocycles. The molecular formula is C16H21F3N2O2. The lowest BCUT2D eigenvalue weighted by Gasteiger charge is -2.15. The Hall–Kier alpha value is -1.76. The highest BCUT2D eigenvalue weighted by Crippen LogP contribution is 2.27. The van der Waals surface area contributed by atoms with E-state index in [1.54, 1.807) is 12.1 Å². The first-order valence-electron chi connectivity index (χ1n) is 7.71. The van der Waals surface area contributed by atoms with Crippen molar-refractivity contribution in [2.75, 3.05) is 6.54 Å². The molecule has 0 bridgehead atoms. The van der Waals surface area contributed by atoms with Gasteiger partial charge in [0, 0.05) is 19.0 Å². The van der Waals surface area contributed by atoms with Crippen LogP contribution in [0, 0.1) is 5.92 Å². The van der Waals surface area contributed by atoms with E-state index >= 15 is 0 Å². The van der Waals surface area contributed by atoms with Crippen molar-refractivity contribution in [2.45, 2.75) is 44.5 Å². The monoisotopic (exact) mass is 330 g/mol. The van der Waals surface area contributed by atoms with Crippen LogP contribution in [0.5, 0.6) is 5.75 Å². The summed E-state index contributed by atoms with van der Waals surface area (Å²) in [6.45, 7) is 0.263. The number of hydrogen-bond acceptors (Lipinski definition) is 3. The Morgan fingerprint density at radius 3 is 2.70 bits per heavy atom. The van der Waals surface area contributed by atoms with E-state index in [2.05, 4.69) is 10.1 Å². The van der Waals surface area contributed by atoms with Gasteiger partial charge in [-0.2, -0.15) is 0 Å². The SMILES string of the molecule is N[C@@H]1CCC[C@H]1CC(=O)NCCc1ccccc1OC(F)(F)F. The molecule has 0 aliphatic heterocycles. The van der Waals surface area contributed by atoms with Gasteiger partial charge in [-0.05, 0) is 36.8 Å². The minimum absolute atomic E-state index is 0.0710. The van der Waals surface area contributed by atoms with Crippen LogP contribution in [-0.4, -0.2) is 24.9 Å². The summed E-state index contributed by atoms with van der Waals surface area (Å²) >= 11 is 0. The fraction of sp³-hybridized carbons (Fsp3) is 0.562. The highest BCUT2D eigenvalue weighted by Gasteiger charge is 2.32. The lowest BCUT2D eigenvalue weighted by atomic mass is 10.00. The van der Waals surface area contributed by atoms with Gasteiger partial charge in [-0.3, -0.25) is 4.79 Å². The van der Waals surface area contributed by atoms with Gasteiger partial charge in [0.25, 0.3) is 0 Å². The number of para-hydroxylation sites is 1. The first-order valence-corrected chi connectivity index (χ1v) is 7.71. The molecule has 4 nitrogen and oxygen atoms in total. The number of benzene rings is 1. The first kappa shape index (κ1) is 17.6. The number of carbonyl (C=O) groups excluding carboxylic acids is 1. The highest BCUT2D eigenvalue weighted by molar-refractivity contribution is 5.76. The van der Waals surface area contributed by atoms with Gasteiger partial charge in [0.1, 0.15) is 5.75 Å². The summed E-state index contributed by atoms with van der Waals surface area (Å²) in [5.74, 6) is -0.135. The van der Waals surface area contributed by atoms with Crippen LogP contribution in [0.25, 0.3) is 0 Å². The number of hydrogen-bond donors (Lipinski definition) is 2. The maximum atomic E-state index is 12.3. The van der Waals surface area contributed by atoms with Gasteiger partial charge in [-0.25, -0.2) is 0 Å². The molecule has 1 aromatic rings. The summed E-state index contributed by atoms with van der Waals surface area (Å²) in [6, 6.07) is 6.01. The molecule has 0 radical (unpaired) electrons. The van der Waals surface area contributed by atoms with Crippen molar-refractivity contribution < 1.29 is 22.7 Å². The normalized spacial score (nSPS) is 21.2. The predicted octanol–water partition coefficient (Wildman–Crippen LogP) is 2.76. The molecule has 23 heavy (non-hydrogen) atoms. The molecule has 1 aromatic carbocycles. The van der Waals surface area contributed by atoms with Crippen molar-refractivity contribution in [3.63, 3.8) is 0 Å². The highest BCUT2D eigenvalue weighted by atomic mass is 19.4. The zero-order valence-corrected chi connectivity index (χ0v) is 12.7. The third-order valence-electron chi connectivity index (χ3n) is 4.08. The van der Waals surface area contributed by atoms with Crippen LogP contribution in [0.15, 0.2) is 24.3 Å². The van der Waals surface area contributed by atoms with Gasteiger partial charge in [0.05, 0.1) is 0 Å². The topological polar surface area (TPSA) is 64.4 Å². The van der Waals surface area contributed by atoms with Crippen molar-refractivity contribution in [2.24, 2.45) is 11.7 Å². The Morgan fingerprint density at radius 2 is 2.04 bits per heavy atom. The largest absolute Gasteiger partial charge is 0.573 e. The molecule has 0 unspecified atom stereocenters. The Labute approximate surface area is 133 Å². The zero-order valence-electron chi connectivity index (χ0n) is 12.7. The van der Waals surface area contributed by atoms with E-state index in [0.717, 1.165) is 19.3 Å². The van der Waals surface area contributed by atoms with Crippen molar-refractivity contribution >= 4 is 5.91 Å². The number of nitrogens with one attached hydrogen (secondary N) is 1. The Bertz CT molecular complexity index is 534. The third-order valence-corrected chi connectivity index (χ3v) is 4.08. The van der Waals surface area contributed by atoms with Gasteiger partial charge in [-0.15, -0.1) is 13.2 Å². The van der Waals surface area contributed by atoms with Gasteiger partial charge in [-0.1, -0.05) is 24.6 Å². The van der Waals surface area contributed by atoms with Gasteiger partial charge < -0.3 is 15.8 Å². The van der Waals surface area contributed by atoms with Crippen molar-refractivity contribution in [1.29, 1.82) is 0 Å². The average Bonchev–Trinajstić information content (AvgIpc) is 2.84. The molecule has 1 saturated carbocycles. The van der Waals surface area contributed by atoms with Gasteiger partial charge in [0.2, 0.25) is 5.91 Å². The third kappa shape index (κ3) is 5.74. The molecule has 128 valence electrons. The minimum atomic E-state index is -4.72. The number of nitrogens with two attached hydrogens (primary N) is 1. The summed E-state index contributed by atoms with van der Waals surface area (Å²) in [5, 5.41) is 2.74. The predicted molar refractivity (Wildman–Crippen MR) is 79.8 cm³/mol. The molecule has 0 aromatic heterocycles. The fourth-order valence-corrected chi connectivity index (χ4v) is 2.90. The number of ether oxygens (including phenoxy) is 1. The van der Waals surface area contributed by atoms with Crippen LogP contribution in [-0.2, 0) is 11.2 Å². The van der Waals surface area contributed by atoms with Gasteiger partial charge >= 0.3 is 6.36 Å².